The van der Waals surface area contributed by atoms with Crippen molar-refractivity contribution < 1.29 is 42.0 Å². The van der Waals surface area contributed by atoms with Gasteiger partial charge in [-0.1, -0.05) is 23.5 Å². The Kier molecular flexibility index (Phi) is 8.59. The minimum absolute atomic E-state index is 0.0359. The van der Waals surface area contributed by atoms with Gasteiger partial charge in [-0.15, -0.1) is 11.8 Å². The predicted octanol–water partition coefficient (Wildman–Crippen LogP) is 6.46. The van der Waals surface area contributed by atoms with Crippen LogP contribution in [0.2, 0.25) is 0 Å². The van der Waals surface area contributed by atoms with Gasteiger partial charge in [-0.05, 0) is 79.1 Å². The molecule has 274 valence electrons. The summed E-state index contributed by atoms with van der Waals surface area (Å²) >= 11 is 2.62. The number of thiazole rings is 1. The molecule has 3 fully saturated rings. The van der Waals surface area contributed by atoms with Crippen molar-refractivity contribution in [3.63, 3.8) is 0 Å². The molecule has 2 N–H and O–H groups in total. The molecular weight excluding hydrogens is 738 g/mol. The first-order valence-corrected chi connectivity index (χ1v) is 18.4. The highest BCUT2D eigenvalue weighted by atomic mass is 32.2. The van der Waals surface area contributed by atoms with E-state index in [4.69, 9.17) is 9.47 Å². The lowest BCUT2D eigenvalue weighted by atomic mass is 9.68. The lowest BCUT2D eigenvalue weighted by molar-refractivity contribution is -0.384. The van der Waals surface area contributed by atoms with Gasteiger partial charge in [-0.25, -0.2) is 0 Å². The molecule has 3 aromatic carbocycles. The van der Waals surface area contributed by atoms with Crippen molar-refractivity contribution in [1.82, 2.24) is 4.98 Å². The van der Waals surface area contributed by atoms with E-state index in [1.165, 1.54) is 48.2 Å². The van der Waals surface area contributed by atoms with Gasteiger partial charge in [0.1, 0.15) is 0 Å². The standard InChI is InChI=1S/C36H29F3N4O8S2/c1-2-50-24-12-16(6-11-23(24)51-15-25(44)40-18-5-3-4-17(13-18)36(37,38)39)26-27-21-14-22(30(27)52-32-31(26)53-35(47)41-32)29-28(21)33(45)42(34(29)46)19-7-9-20(10-8-19)43(48)49/h3-13,21-22,26-30H,2,14-15H2,1H3,(H,40,44)(H,41,47)/t21?,22?,26-,27?,28?,29?,30?/m1/s1. The summed E-state index contributed by atoms with van der Waals surface area (Å²) in [5.41, 5.74) is -0.0170. The topological polar surface area (TPSA) is 161 Å². The fourth-order valence-corrected chi connectivity index (χ4v) is 11.5. The molecule has 17 heteroatoms. The van der Waals surface area contributed by atoms with Crippen LogP contribution >= 0.6 is 23.1 Å². The lowest BCUT2D eigenvalue weighted by Gasteiger charge is -2.43. The summed E-state index contributed by atoms with van der Waals surface area (Å²) in [6.45, 7) is 1.50. The molecule has 2 aliphatic heterocycles. The number of halogens is 3. The van der Waals surface area contributed by atoms with Crippen LogP contribution in [0.1, 0.15) is 35.3 Å². The van der Waals surface area contributed by atoms with Crippen molar-refractivity contribution >= 4 is 57.9 Å². The molecule has 2 saturated carbocycles. The summed E-state index contributed by atoms with van der Waals surface area (Å²) < 4.78 is 51.1. The van der Waals surface area contributed by atoms with Gasteiger partial charge in [-0.2, -0.15) is 13.2 Å². The van der Waals surface area contributed by atoms with Gasteiger partial charge in [0.15, 0.2) is 18.1 Å². The Morgan fingerprint density at radius 2 is 1.74 bits per heavy atom. The second-order valence-electron chi connectivity index (χ2n) is 13.3. The van der Waals surface area contributed by atoms with Crippen LogP contribution in [0.5, 0.6) is 11.5 Å². The van der Waals surface area contributed by atoms with Gasteiger partial charge >= 0.3 is 11.0 Å². The summed E-state index contributed by atoms with van der Waals surface area (Å²) in [7, 11) is 0. The molecule has 12 nitrogen and oxygen atoms in total. The molecule has 3 amide bonds. The molecular formula is C36H29F3N4O8S2. The van der Waals surface area contributed by atoms with Crippen molar-refractivity contribution in [3.05, 3.63) is 103 Å². The fourth-order valence-electron chi connectivity index (χ4n) is 8.59. The average Bonchev–Trinajstić information content (AvgIpc) is 3.86. The number of non-ortho nitro benzene ring substituents is 1. The number of ether oxygens (including phenoxy) is 2. The summed E-state index contributed by atoms with van der Waals surface area (Å²) in [5, 5.41) is 14.2. The van der Waals surface area contributed by atoms with E-state index >= 15 is 0 Å². The molecule has 2 bridgehead atoms. The number of nitro benzene ring substituents is 1. The molecule has 0 radical (unpaired) electrons. The number of anilines is 2. The average molecular weight is 767 g/mol. The Morgan fingerprint density at radius 1 is 1.00 bits per heavy atom. The first-order chi connectivity index (χ1) is 25.3. The second-order valence-corrected chi connectivity index (χ2v) is 15.5. The maximum atomic E-state index is 14.1. The summed E-state index contributed by atoms with van der Waals surface area (Å²) in [6.07, 6.45) is -3.92. The maximum Gasteiger partial charge on any atom is 0.416 e. The Bertz CT molecular complexity index is 2220. The number of fused-ring (bicyclic) bond motifs is 9. The molecule has 6 unspecified atom stereocenters. The zero-order valence-corrected chi connectivity index (χ0v) is 29.3. The van der Waals surface area contributed by atoms with Gasteiger partial charge in [0.2, 0.25) is 11.8 Å². The van der Waals surface area contributed by atoms with Crippen LogP contribution in [-0.2, 0) is 20.6 Å². The highest BCUT2D eigenvalue weighted by Gasteiger charge is 2.69. The zero-order chi connectivity index (χ0) is 37.3. The number of H-pyrrole nitrogens is 1. The van der Waals surface area contributed by atoms with E-state index < -0.39 is 41.0 Å². The summed E-state index contributed by atoms with van der Waals surface area (Å²) in [6, 6.07) is 14.9. The van der Waals surface area contributed by atoms with Crippen molar-refractivity contribution in [3.8, 4) is 11.5 Å². The largest absolute Gasteiger partial charge is 0.490 e. The summed E-state index contributed by atoms with van der Waals surface area (Å²) in [4.78, 5) is 68.7. The van der Waals surface area contributed by atoms with Crippen LogP contribution in [0.15, 0.2) is 76.6 Å². The maximum absolute atomic E-state index is 14.1. The van der Waals surface area contributed by atoms with Crippen LogP contribution in [0.4, 0.5) is 30.2 Å². The molecule has 1 saturated heterocycles. The monoisotopic (exact) mass is 766 g/mol. The SMILES string of the molecule is CCOc1cc([C@H]2c3sc(=O)[nH]c3SC3C4CC(C5C(=O)N(c6ccc([N+](=O)[O-])cc6)C(=O)C45)C32)ccc1OCC(=O)Nc1cccc(C(F)(F)F)c1. The number of rotatable bonds is 9. The fraction of sp³-hybridized carbons (Fsp3) is 0.333. The Labute approximate surface area is 306 Å². The van der Waals surface area contributed by atoms with Gasteiger partial charge < -0.3 is 19.8 Å². The molecule has 4 aromatic rings. The first kappa shape index (κ1) is 34.9. The number of nitrogens with zero attached hydrogens (tertiary/aromatic N) is 2. The smallest absolute Gasteiger partial charge is 0.416 e. The lowest BCUT2D eigenvalue weighted by Crippen LogP contribution is -2.42. The minimum atomic E-state index is -4.57. The van der Waals surface area contributed by atoms with E-state index in [0.29, 0.717) is 17.2 Å². The van der Waals surface area contributed by atoms with Gasteiger partial charge in [-0.3, -0.25) is 34.2 Å². The number of hydrogen-bond acceptors (Lipinski definition) is 10. The van der Waals surface area contributed by atoms with Crippen LogP contribution in [-0.4, -0.2) is 46.1 Å². The van der Waals surface area contributed by atoms with E-state index in [2.05, 4.69) is 10.3 Å². The third-order valence-corrected chi connectivity index (χ3v) is 13.1. The molecule has 7 atom stereocenters. The van der Waals surface area contributed by atoms with Gasteiger partial charge in [0.05, 0.1) is 39.6 Å². The van der Waals surface area contributed by atoms with E-state index in [1.54, 1.807) is 19.1 Å². The van der Waals surface area contributed by atoms with Crippen molar-refractivity contribution in [2.45, 2.75) is 35.7 Å². The number of thioether (sulfide) groups is 1. The van der Waals surface area contributed by atoms with Crippen molar-refractivity contribution in [1.29, 1.82) is 0 Å². The molecule has 0 spiro atoms. The number of aromatic amines is 1. The molecule has 8 rings (SSSR count). The molecule has 4 aliphatic rings. The van der Waals surface area contributed by atoms with Crippen molar-refractivity contribution in [2.75, 3.05) is 23.4 Å². The van der Waals surface area contributed by atoms with E-state index in [9.17, 15) is 42.5 Å². The molecule has 2 aliphatic carbocycles. The van der Waals surface area contributed by atoms with Crippen LogP contribution < -0.4 is 24.6 Å². The highest BCUT2D eigenvalue weighted by molar-refractivity contribution is 8.00. The number of nitro groups is 1. The van der Waals surface area contributed by atoms with Gasteiger partial charge in [0, 0.05) is 33.9 Å². The Hall–Kier alpha value is -5.16. The normalized spacial score (nSPS) is 25.5. The van der Waals surface area contributed by atoms with Crippen LogP contribution in [0.3, 0.4) is 0 Å². The van der Waals surface area contributed by atoms with Crippen molar-refractivity contribution in [2.24, 2.45) is 29.6 Å². The van der Waals surface area contributed by atoms with Gasteiger partial charge in [0.25, 0.3) is 11.6 Å². The number of aromatic nitrogens is 1. The molecule has 1 aromatic heterocycles. The van der Waals surface area contributed by atoms with Crippen LogP contribution in [0, 0.1) is 39.7 Å². The zero-order valence-electron chi connectivity index (χ0n) is 27.6. The molecule has 53 heavy (non-hydrogen) atoms. The number of benzene rings is 3. The third kappa shape index (κ3) is 5.95. The van der Waals surface area contributed by atoms with E-state index in [1.807, 2.05) is 6.07 Å². The second kappa shape index (κ2) is 13.1. The number of alkyl halides is 3. The number of amides is 3. The predicted molar refractivity (Wildman–Crippen MR) is 187 cm³/mol. The number of carbonyl (C=O) groups is 3. The van der Waals surface area contributed by atoms with E-state index in [-0.39, 0.29) is 75.0 Å². The summed E-state index contributed by atoms with van der Waals surface area (Å²) in [5.74, 6) is -2.75. The number of imide groups is 1. The van der Waals surface area contributed by atoms with E-state index in [0.717, 1.165) is 38.8 Å². The first-order valence-electron chi connectivity index (χ1n) is 16.7. The number of hydrogen-bond donors (Lipinski definition) is 2. The quantitative estimate of drug-likeness (QED) is 0.111. The highest BCUT2D eigenvalue weighted by Crippen LogP contribution is 2.69. The Morgan fingerprint density at radius 3 is 2.43 bits per heavy atom. The Balaban J connectivity index is 1.07. The third-order valence-electron chi connectivity index (χ3n) is 10.5. The minimum Gasteiger partial charge on any atom is -0.490 e. The number of nitrogens with one attached hydrogen (secondary N) is 2. The number of carbonyl (C=O) groups excluding carboxylic acids is 3. The van der Waals surface area contributed by atoms with Crippen LogP contribution in [0.25, 0.3) is 0 Å². The molecule has 3 heterocycles.